The molecule has 0 heterocycles. The molecule has 0 aromatic rings. The Hall–Kier alpha value is -1.08. The zero-order chi connectivity index (χ0) is 14.0. The number of nitrogens with one attached hydrogen (secondary N) is 1. The Labute approximate surface area is 110 Å². The van der Waals surface area contributed by atoms with Crippen LogP contribution in [-0.4, -0.2) is 23.7 Å². The molecule has 0 aromatic heterocycles. The molecule has 0 bridgehead atoms. The van der Waals surface area contributed by atoms with Crippen LogP contribution in [0, 0.1) is 16.7 Å². The van der Waals surface area contributed by atoms with Gasteiger partial charge >= 0.3 is 0 Å². The molecule has 0 aliphatic heterocycles. The molecule has 0 saturated heterocycles. The van der Waals surface area contributed by atoms with E-state index >= 15 is 0 Å². The minimum absolute atomic E-state index is 0.0380. The summed E-state index contributed by atoms with van der Waals surface area (Å²) >= 11 is 0. The highest BCUT2D eigenvalue weighted by Gasteiger charge is 2.37. The summed E-state index contributed by atoms with van der Waals surface area (Å²) in [5.74, 6) is -0.172. The first kappa shape index (κ1) is 16.9. The fourth-order valence-corrected chi connectivity index (χ4v) is 2.23. The van der Waals surface area contributed by atoms with Gasteiger partial charge in [0.2, 0.25) is 5.91 Å². The van der Waals surface area contributed by atoms with E-state index in [1.165, 1.54) is 0 Å². The van der Waals surface area contributed by atoms with Gasteiger partial charge in [-0.15, -0.1) is 0 Å². The number of amides is 1. The third kappa shape index (κ3) is 4.66. The van der Waals surface area contributed by atoms with Crippen molar-refractivity contribution in [2.75, 3.05) is 6.61 Å². The van der Waals surface area contributed by atoms with Crippen molar-refractivity contribution in [2.45, 2.75) is 65.3 Å². The Bertz CT molecular complexity index is 278. The lowest BCUT2D eigenvalue weighted by Crippen LogP contribution is -2.45. The average molecular weight is 254 g/mol. The van der Waals surface area contributed by atoms with Crippen LogP contribution >= 0.6 is 0 Å². The maximum atomic E-state index is 12.3. The van der Waals surface area contributed by atoms with Gasteiger partial charge in [0.15, 0.2) is 0 Å². The summed E-state index contributed by atoms with van der Waals surface area (Å²) in [5.41, 5.74) is -0.896. The largest absolute Gasteiger partial charge is 0.396 e. The first-order chi connectivity index (χ1) is 8.60. The predicted molar refractivity (Wildman–Crippen MR) is 71.8 cm³/mol. The van der Waals surface area contributed by atoms with Gasteiger partial charge in [0.25, 0.3) is 0 Å². The van der Waals surface area contributed by atoms with Gasteiger partial charge in [-0.3, -0.25) is 4.79 Å². The lowest BCUT2D eigenvalue weighted by Gasteiger charge is -2.27. The number of nitriles is 1. The molecule has 18 heavy (non-hydrogen) atoms. The number of aliphatic hydroxyl groups excluding tert-OH is 1. The number of hydrogen-bond donors (Lipinski definition) is 2. The average Bonchev–Trinajstić information content (AvgIpc) is 2.37. The van der Waals surface area contributed by atoms with E-state index in [4.69, 9.17) is 5.11 Å². The van der Waals surface area contributed by atoms with E-state index in [0.717, 1.165) is 19.3 Å². The summed E-state index contributed by atoms with van der Waals surface area (Å²) in [4.78, 5) is 12.3. The van der Waals surface area contributed by atoms with Crippen molar-refractivity contribution in [3.63, 3.8) is 0 Å². The van der Waals surface area contributed by atoms with Gasteiger partial charge in [-0.25, -0.2) is 0 Å². The molecule has 2 N–H and O–H groups in total. The maximum absolute atomic E-state index is 12.3. The van der Waals surface area contributed by atoms with Crippen molar-refractivity contribution in [1.82, 2.24) is 5.32 Å². The molecule has 1 atom stereocenters. The van der Waals surface area contributed by atoms with Crippen molar-refractivity contribution >= 4 is 5.91 Å². The Morgan fingerprint density at radius 1 is 1.33 bits per heavy atom. The Balaban J connectivity index is 4.79. The second-order valence-electron chi connectivity index (χ2n) is 4.78. The SMILES string of the molecule is CCCC(C#N)(CCC)C(=O)NC(CC)CCO. The molecule has 1 unspecified atom stereocenters. The molecule has 4 heteroatoms. The summed E-state index contributed by atoms with van der Waals surface area (Å²) in [5, 5.41) is 21.2. The molecule has 1 amide bonds. The molecule has 0 aliphatic rings. The van der Waals surface area contributed by atoms with Crippen molar-refractivity contribution in [1.29, 1.82) is 5.26 Å². The van der Waals surface area contributed by atoms with Crippen LogP contribution in [0.2, 0.25) is 0 Å². The molecular weight excluding hydrogens is 228 g/mol. The third-order valence-electron chi connectivity index (χ3n) is 3.31. The van der Waals surface area contributed by atoms with E-state index in [9.17, 15) is 10.1 Å². The lowest BCUT2D eigenvalue weighted by molar-refractivity contribution is -0.129. The molecule has 0 aliphatic carbocycles. The van der Waals surface area contributed by atoms with Crippen LogP contribution in [0.3, 0.4) is 0 Å². The number of aliphatic hydroxyl groups is 1. The highest BCUT2D eigenvalue weighted by atomic mass is 16.3. The van der Waals surface area contributed by atoms with Gasteiger partial charge < -0.3 is 10.4 Å². The summed E-state index contributed by atoms with van der Waals surface area (Å²) in [6, 6.07) is 2.18. The fourth-order valence-electron chi connectivity index (χ4n) is 2.23. The van der Waals surface area contributed by atoms with Crippen LogP contribution < -0.4 is 5.32 Å². The van der Waals surface area contributed by atoms with E-state index in [2.05, 4.69) is 11.4 Å². The number of carbonyl (C=O) groups is 1. The van der Waals surface area contributed by atoms with Crippen molar-refractivity contribution in [2.24, 2.45) is 5.41 Å². The van der Waals surface area contributed by atoms with Gasteiger partial charge in [-0.1, -0.05) is 33.6 Å². The van der Waals surface area contributed by atoms with Gasteiger partial charge in [0, 0.05) is 12.6 Å². The van der Waals surface area contributed by atoms with Gasteiger partial charge in [0.05, 0.1) is 6.07 Å². The first-order valence-electron chi connectivity index (χ1n) is 6.93. The quantitative estimate of drug-likeness (QED) is 0.663. The first-order valence-corrected chi connectivity index (χ1v) is 6.93. The maximum Gasteiger partial charge on any atom is 0.240 e. The van der Waals surface area contributed by atoms with Gasteiger partial charge in [-0.05, 0) is 25.7 Å². The number of rotatable bonds is 9. The highest BCUT2D eigenvalue weighted by Crippen LogP contribution is 2.29. The van der Waals surface area contributed by atoms with E-state index in [1.54, 1.807) is 0 Å². The van der Waals surface area contributed by atoms with Crippen molar-refractivity contribution < 1.29 is 9.90 Å². The molecule has 0 aromatic carbocycles. The zero-order valence-corrected chi connectivity index (χ0v) is 11.8. The van der Waals surface area contributed by atoms with E-state index in [1.807, 2.05) is 20.8 Å². The second kappa shape index (κ2) is 8.93. The fraction of sp³-hybridized carbons (Fsp3) is 0.857. The van der Waals surface area contributed by atoms with Crippen LogP contribution in [0.25, 0.3) is 0 Å². The van der Waals surface area contributed by atoms with Crippen LogP contribution in [-0.2, 0) is 4.79 Å². The Kier molecular flexibility index (Phi) is 8.40. The van der Waals surface area contributed by atoms with Crippen LogP contribution in [0.4, 0.5) is 0 Å². The van der Waals surface area contributed by atoms with E-state index < -0.39 is 5.41 Å². The zero-order valence-electron chi connectivity index (χ0n) is 11.8. The van der Waals surface area contributed by atoms with Gasteiger partial charge in [-0.2, -0.15) is 5.26 Å². The normalized spacial score (nSPS) is 12.8. The molecular formula is C14H26N2O2. The predicted octanol–water partition coefficient (Wildman–Crippen LogP) is 2.37. The minimum atomic E-state index is -0.896. The number of carbonyl (C=O) groups excluding carboxylic acids is 1. The smallest absolute Gasteiger partial charge is 0.240 e. The number of nitrogens with zero attached hydrogens (tertiary/aromatic N) is 1. The van der Waals surface area contributed by atoms with Crippen molar-refractivity contribution in [3.05, 3.63) is 0 Å². The van der Waals surface area contributed by atoms with E-state index in [-0.39, 0.29) is 18.6 Å². The van der Waals surface area contributed by atoms with Crippen molar-refractivity contribution in [3.8, 4) is 6.07 Å². The minimum Gasteiger partial charge on any atom is -0.396 e. The molecule has 0 rings (SSSR count). The molecule has 0 fully saturated rings. The summed E-state index contributed by atoms with van der Waals surface area (Å²) < 4.78 is 0. The van der Waals surface area contributed by atoms with E-state index in [0.29, 0.717) is 19.3 Å². The summed E-state index contributed by atoms with van der Waals surface area (Å²) in [6.07, 6.45) is 4.14. The van der Waals surface area contributed by atoms with Crippen LogP contribution in [0.15, 0.2) is 0 Å². The molecule has 0 spiro atoms. The Morgan fingerprint density at radius 2 is 1.89 bits per heavy atom. The second-order valence-corrected chi connectivity index (χ2v) is 4.78. The standard InChI is InChI=1S/C14H26N2O2/c1-4-8-14(11-15,9-5-2)13(18)16-12(6-3)7-10-17/h12,17H,4-10H2,1-3H3,(H,16,18). The summed E-state index contributed by atoms with van der Waals surface area (Å²) in [7, 11) is 0. The van der Waals surface area contributed by atoms with Crippen LogP contribution in [0.5, 0.6) is 0 Å². The molecule has 0 radical (unpaired) electrons. The number of hydrogen-bond acceptors (Lipinski definition) is 3. The highest BCUT2D eigenvalue weighted by molar-refractivity contribution is 5.85. The Morgan fingerprint density at radius 3 is 2.22 bits per heavy atom. The molecule has 104 valence electrons. The third-order valence-corrected chi connectivity index (χ3v) is 3.31. The monoisotopic (exact) mass is 254 g/mol. The summed E-state index contributed by atoms with van der Waals surface area (Å²) in [6.45, 7) is 5.99. The van der Waals surface area contributed by atoms with Crippen LogP contribution in [0.1, 0.15) is 59.3 Å². The van der Waals surface area contributed by atoms with Gasteiger partial charge in [0.1, 0.15) is 5.41 Å². The topological polar surface area (TPSA) is 73.1 Å². The molecule has 4 nitrogen and oxygen atoms in total. The molecule has 0 saturated carbocycles. The lowest BCUT2D eigenvalue weighted by atomic mass is 9.79.